The largest absolute Gasteiger partial charge is 0.335 e. The van der Waals surface area contributed by atoms with Gasteiger partial charge in [-0.05, 0) is 30.9 Å². The molecule has 10 nitrogen and oxygen atoms in total. The number of hydrogen-bond donors (Lipinski definition) is 0. The zero-order valence-corrected chi connectivity index (χ0v) is 18.5. The highest BCUT2D eigenvalue weighted by Crippen LogP contribution is 2.33. The third kappa shape index (κ3) is 7.03. The van der Waals surface area contributed by atoms with Crippen molar-refractivity contribution in [2.75, 3.05) is 0 Å². The summed E-state index contributed by atoms with van der Waals surface area (Å²) in [4.78, 5) is 50.4. The normalized spacial score (nSPS) is 11.2. The minimum Gasteiger partial charge on any atom is -0.318 e. The zero-order chi connectivity index (χ0) is 24.4. The second-order valence-corrected chi connectivity index (χ2v) is 7.33. The molecule has 0 aliphatic rings. The lowest BCUT2D eigenvalue weighted by molar-refractivity contribution is -0.393. The van der Waals surface area contributed by atoms with E-state index in [4.69, 9.17) is 4.84 Å². The fraction of sp³-hybridized carbons (Fsp3) is 0.348. The number of benzene rings is 2. The number of carbonyl (C=O) groups excluding carboxylic acids is 2. The van der Waals surface area contributed by atoms with Gasteiger partial charge in [0.2, 0.25) is 5.78 Å². The molecule has 2 aromatic rings. The molecule has 0 aliphatic carbocycles. The van der Waals surface area contributed by atoms with Gasteiger partial charge in [0.15, 0.2) is 0 Å². The molecule has 0 radical (unpaired) electrons. The zero-order valence-electron chi connectivity index (χ0n) is 18.5. The maximum absolute atomic E-state index is 12.9. The van der Waals surface area contributed by atoms with Crippen LogP contribution < -0.4 is 0 Å². The van der Waals surface area contributed by atoms with E-state index in [0.29, 0.717) is 24.8 Å². The Morgan fingerprint density at radius 3 is 2.18 bits per heavy atom. The minimum atomic E-state index is -0.703. The predicted octanol–water partition coefficient (Wildman–Crippen LogP) is 5.63. The summed E-state index contributed by atoms with van der Waals surface area (Å²) in [6.07, 6.45) is 3.69. The quantitative estimate of drug-likeness (QED) is 0.101. The van der Waals surface area contributed by atoms with Crippen LogP contribution in [0.1, 0.15) is 62.7 Å². The van der Waals surface area contributed by atoms with E-state index in [9.17, 15) is 29.8 Å². The van der Waals surface area contributed by atoms with Crippen LogP contribution in [-0.2, 0) is 9.63 Å². The van der Waals surface area contributed by atoms with Crippen molar-refractivity contribution in [3.8, 4) is 11.1 Å². The first-order valence-electron chi connectivity index (χ1n) is 10.6. The fourth-order valence-corrected chi connectivity index (χ4v) is 3.10. The number of non-ortho nitro benzene ring substituents is 1. The van der Waals surface area contributed by atoms with Crippen molar-refractivity contribution in [2.24, 2.45) is 5.16 Å². The number of nitro benzene ring substituents is 2. The summed E-state index contributed by atoms with van der Waals surface area (Å²) in [5, 5.41) is 26.1. The molecule has 10 heteroatoms. The molecule has 0 spiro atoms. The van der Waals surface area contributed by atoms with E-state index in [0.717, 1.165) is 18.9 Å². The van der Waals surface area contributed by atoms with Crippen molar-refractivity contribution in [3.63, 3.8) is 0 Å². The van der Waals surface area contributed by atoms with Crippen LogP contribution in [-0.4, -0.2) is 27.3 Å². The Labute approximate surface area is 190 Å². The first-order valence-corrected chi connectivity index (χ1v) is 10.6. The summed E-state index contributed by atoms with van der Waals surface area (Å²) in [5.41, 5.74) is 0.227. The highest BCUT2D eigenvalue weighted by Gasteiger charge is 2.21. The van der Waals surface area contributed by atoms with Gasteiger partial charge in [0, 0.05) is 18.1 Å². The number of nitrogens with zero attached hydrogens (tertiary/aromatic N) is 3. The van der Waals surface area contributed by atoms with E-state index in [1.165, 1.54) is 36.4 Å². The van der Waals surface area contributed by atoms with E-state index in [-0.39, 0.29) is 28.9 Å². The lowest BCUT2D eigenvalue weighted by atomic mass is 9.98. The second kappa shape index (κ2) is 12.2. The molecule has 0 aromatic heterocycles. The van der Waals surface area contributed by atoms with Crippen LogP contribution in [0.4, 0.5) is 11.4 Å². The Hall–Kier alpha value is -3.95. The van der Waals surface area contributed by atoms with Crippen molar-refractivity contribution in [3.05, 3.63) is 68.3 Å². The Morgan fingerprint density at radius 1 is 0.909 bits per heavy atom. The number of nitro groups is 2. The first-order chi connectivity index (χ1) is 15.8. The van der Waals surface area contributed by atoms with Crippen LogP contribution >= 0.6 is 0 Å². The maximum Gasteiger partial charge on any atom is 0.335 e. The summed E-state index contributed by atoms with van der Waals surface area (Å²) in [7, 11) is 0. The van der Waals surface area contributed by atoms with Crippen molar-refractivity contribution in [2.45, 2.75) is 52.4 Å². The van der Waals surface area contributed by atoms with Crippen LogP contribution in [0.25, 0.3) is 11.1 Å². The molecule has 174 valence electrons. The molecular formula is C23H25N3O7. The number of unbranched alkanes of at least 4 members (excludes halogenated alkanes) is 2. The fourth-order valence-electron chi connectivity index (χ4n) is 3.10. The van der Waals surface area contributed by atoms with Crippen LogP contribution in [0, 0.1) is 20.2 Å². The van der Waals surface area contributed by atoms with Crippen molar-refractivity contribution >= 4 is 28.8 Å². The molecule has 0 fully saturated rings. The summed E-state index contributed by atoms with van der Waals surface area (Å²) >= 11 is 0. The molecule has 33 heavy (non-hydrogen) atoms. The van der Waals surface area contributed by atoms with Gasteiger partial charge in [-0.25, -0.2) is 4.79 Å². The molecule has 0 heterocycles. The van der Waals surface area contributed by atoms with Crippen LogP contribution in [0.2, 0.25) is 0 Å². The highest BCUT2D eigenvalue weighted by molar-refractivity contribution is 6.45. The predicted molar refractivity (Wildman–Crippen MR) is 122 cm³/mol. The summed E-state index contributed by atoms with van der Waals surface area (Å²) in [6, 6.07) is 9.42. The monoisotopic (exact) mass is 455 g/mol. The van der Waals surface area contributed by atoms with Gasteiger partial charge in [-0.1, -0.05) is 56.1 Å². The molecule has 0 amide bonds. The van der Waals surface area contributed by atoms with Crippen LogP contribution in [0.3, 0.4) is 0 Å². The van der Waals surface area contributed by atoms with Crippen molar-refractivity contribution < 1.29 is 24.3 Å². The number of carbonyl (C=O) groups is 2. The molecule has 0 unspecified atom stereocenters. The molecule has 2 aromatic carbocycles. The van der Waals surface area contributed by atoms with Crippen molar-refractivity contribution in [1.29, 1.82) is 0 Å². The van der Waals surface area contributed by atoms with Crippen LogP contribution in [0.5, 0.6) is 0 Å². The lowest BCUT2D eigenvalue weighted by Gasteiger charge is -2.07. The van der Waals surface area contributed by atoms with E-state index >= 15 is 0 Å². The molecule has 0 N–H and O–H groups in total. The molecular weight excluding hydrogens is 430 g/mol. The van der Waals surface area contributed by atoms with E-state index in [1.807, 2.05) is 13.8 Å². The lowest BCUT2D eigenvalue weighted by Crippen LogP contribution is -2.16. The van der Waals surface area contributed by atoms with Gasteiger partial charge in [0.05, 0.1) is 21.5 Å². The molecule has 0 bridgehead atoms. The molecule has 0 aliphatic heterocycles. The number of Topliss-reactive ketones (excluding diaryl/α,β-unsaturated/α-hetero) is 1. The van der Waals surface area contributed by atoms with Gasteiger partial charge in [-0.2, -0.15) is 0 Å². The minimum absolute atomic E-state index is 0.127. The number of hydrogen-bond acceptors (Lipinski definition) is 8. The number of ketones is 1. The third-order valence-electron chi connectivity index (χ3n) is 4.84. The Balaban J connectivity index is 2.31. The molecule has 0 atom stereocenters. The summed E-state index contributed by atoms with van der Waals surface area (Å²) < 4.78 is 0. The topological polar surface area (TPSA) is 142 Å². The highest BCUT2D eigenvalue weighted by atomic mass is 16.7. The van der Waals surface area contributed by atoms with Gasteiger partial charge in [0.1, 0.15) is 5.71 Å². The van der Waals surface area contributed by atoms with E-state index in [2.05, 4.69) is 5.16 Å². The van der Waals surface area contributed by atoms with Gasteiger partial charge in [0.25, 0.3) is 11.4 Å². The van der Waals surface area contributed by atoms with E-state index in [1.54, 1.807) is 0 Å². The van der Waals surface area contributed by atoms with Gasteiger partial charge < -0.3 is 4.84 Å². The second-order valence-electron chi connectivity index (χ2n) is 7.33. The summed E-state index contributed by atoms with van der Waals surface area (Å²) in [5.74, 6) is -0.917. The average molecular weight is 455 g/mol. The summed E-state index contributed by atoms with van der Waals surface area (Å²) in [6.45, 7) is 3.85. The Kier molecular flexibility index (Phi) is 9.34. The smallest absolute Gasteiger partial charge is 0.318 e. The standard InChI is InChI=1S/C23H25N3O7/c1-3-5-6-8-20(24-33-22(27)7-4-2)23(28)17-11-9-16(10-12-17)19-14-13-18(25(29)30)15-21(19)26(31)32/h9-15H,3-8H2,1-2H3/b24-20-. The van der Waals surface area contributed by atoms with Crippen LogP contribution in [0.15, 0.2) is 47.6 Å². The Bertz CT molecular complexity index is 1060. The number of oxime groups is 1. The third-order valence-corrected chi connectivity index (χ3v) is 4.84. The van der Waals surface area contributed by atoms with E-state index < -0.39 is 27.3 Å². The van der Waals surface area contributed by atoms with Crippen molar-refractivity contribution in [1.82, 2.24) is 0 Å². The maximum atomic E-state index is 12.9. The average Bonchev–Trinajstić information content (AvgIpc) is 2.80. The van der Waals surface area contributed by atoms with Gasteiger partial charge in [-0.15, -0.1) is 0 Å². The first kappa shape index (κ1) is 25.3. The molecule has 2 rings (SSSR count). The molecule has 0 saturated heterocycles. The SMILES string of the molecule is CCCCC/C(=N/OC(=O)CCC)C(=O)c1ccc(-c2ccc([N+](=O)[O-])cc2[N+](=O)[O-])cc1. The molecule has 0 saturated carbocycles. The number of rotatable bonds is 12. The Morgan fingerprint density at radius 2 is 1.61 bits per heavy atom. The van der Waals surface area contributed by atoms with Gasteiger partial charge >= 0.3 is 5.97 Å². The van der Waals surface area contributed by atoms with Gasteiger partial charge in [-0.3, -0.25) is 25.0 Å².